The SMILES string of the molecule is C.C/C(Cl)=C/COc1cc(Cl)c(OCCCCOc2cc(C(F)(F)F)cc3c2OC(C)(C)C3)c(Cl)c1. The second kappa shape index (κ2) is 12.5. The van der Waals surface area contributed by atoms with E-state index in [-0.39, 0.29) is 26.4 Å². The zero-order valence-corrected chi connectivity index (χ0v) is 21.8. The summed E-state index contributed by atoms with van der Waals surface area (Å²) < 4.78 is 62.7. The van der Waals surface area contributed by atoms with Crippen LogP contribution >= 0.6 is 34.8 Å². The molecule has 1 aliphatic heterocycles. The Labute approximate surface area is 225 Å². The molecule has 0 atom stereocenters. The van der Waals surface area contributed by atoms with Crippen molar-refractivity contribution in [2.24, 2.45) is 0 Å². The standard InChI is InChI=1S/C25H26Cl3F3O4.CH4/c1-15(26)6-9-32-18-12-19(27)23(20(28)13-18)34-8-5-4-7-33-21-11-17(25(29,30)31)10-16-14-24(2,3)35-22(16)21;/h6,10-13H,4-5,7-9,14H2,1-3H3;1H4/b15-6-;. The maximum absolute atomic E-state index is 13.3. The van der Waals surface area contributed by atoms with E-state index in [9.17, 15) is 13.2 Å². The quantitative estimate of drug-likeness (QED) is 0.267. The molecule has 1 heterocycles. The van der Waals surface area contributed by atoms with Gasteiger partial charge in [-0.05, 0) is 51.8 Å². The van der Waals surface area contributed by atoms with Gasteiger partial charge in [0.05, 0.1) is 28.8 Å². The zero-order valence-electron chi connectivity index (χ0n) is 19.5. The highest BCUT2D eigenvalue weighted by molar-refractivity contribution is 6.37. The Morgan fingerprint density at radius 2 is 1.64 bits per heavy atom. The third kappa shape index (κ3) is 8.29. The van der Waals surface area contributed by atoms with Gasteiger partial charge in [0.25, 0.3) is 0 Å². The van der Waals surface area contributed by atoms with Crippen molar-refractivity contribution in [3.8, 4) is 23.0 Å². The molecule has 0 radical (unpaired) electrons. The van der Waals surface area contributed by atoms with E-state index in [1.165, 1.54) is 0 Å². The minimum atomic E-state index is -4.47. The maximum Gasteiger partial charge on any atom is 0.416 e. The third-order valence-electron chi connectivity index (χ3n) is 5.08. The molecular weight excluding hydrogens is 540 g/mol. The van der Waals surface area contributed by atoms with Crippen LogP contribution in [0.2, 0.25) is 10.0 Å². The molecule has 0 N–H and O–H groups in total. The van der Waals surface area contributed by atoms with E-state index >= 15 is 0 Å². The topological polar surface area (TPSA) is 36.9 Å². The van der Waals surface area contributed by atoms with E-state index in [1.54, 1.807) is 25.1 Å². The summed E-state index contributed by atoms with van der Waals surface area (Å²) in [7, 11) is 0. The summed E-state index contributed by atoms with van der Waals surface area (Å²) in [5.41, 5.74) is -0.840. The molecule has 2 aromatic carbocycles. The number of unbranched alkanes of at least 4 members (excludes halogenated alkanes) is 1. The van der Waals surface area contributed by atoms with Crippen molar-refractivity contribution in [3.63, 3.8) is 0 Å². The normalized spacial score (nSPS) is 14.5. The monoisotopic (exact) mass is 568 g/mol. The Balaban J connectivity index is 0.00000456. The van der Waals surface area contributed by atoms with Crippen molar-refractivity contribution < 1.29 is 32.1 Å². The Hall–Kier alpha value is -1.96. The number of hydrogen-bond acceptors (Lipinski definition) is 4. The highest BCUT2D eigenvalue weighted by Crippen LogP contribution is 2.45. The van der Waals surface area contributed by atoms with Gasteiger partial charge in [0, 0.05) is 29.1 Å². The van der Waals surface area contributed by atoms with Crippen LogP contribution in [0.1, 0.15) is 52.2 Å². The number of ether oxygens (including phenoxy) is 4. The predicted octanol–water partition coefficient (Wildman–Crippen LogP) is 9.12. The van der Waals surface area contributed by atoms with E-state index in [0.717, 1.165) is 12.1 Å². The first-order valence-electron chi connectivity index (χ1n) is 11.0. The van der Waals surface area contributed by atoms with Gasteiger partial charge in [-0.3, -0.25) is 0 Å². The lowest BCUT2D eigenvalue weighted by atomic mass is 10.00. The fourth-order valence-corrected chi connectivity index (χ4v) is 4.16. The zero-order chi connectivity index (χ0) is 25.8. The van der Waals surface area contributed by atoms with Gasteiger partial charge in [0.2, 0.25) is 0 Å². The van der Waals surface area contributed by atoms with E-state index < -0.39 is 17.3 Å². The molecule has 36 heavy (non-hydrogen) atoms. The van der Waals surface area contributed by atoms with Crippen molar-refractivity contribution in [1.82, 2.24) is 0 Å². The summed E-state index contributed by atoms with van der Waals surface area (Å²) in [5, 5.41) is 1.21. The largest absolute Gasteiger partial charge is 0.490 e. The van der Waals surface area contributed by atoms with Gasteiger partial charge in [0.15, 0.2) is 17.2 Å². The van der Waals surface area contributed by atoms with Gasteiger partial charge in [0.1, 0.15) is 18.0 Å². The molecule has 1 aliphatic rings. The molecule has 0 saturated heterocycles. The Morgan fingerprint density at radius 1 is 1.03 bits per heavy atom. The van der Waals surface area contributed by atoms with Crippen LogP contribution in [0.15, 0.2) is 35.4 Å². The Bertz CT molecular complexity index is 1060. The lowest BCUT2D eigenvalue weighted by Crippen LogP contribution is -2.24. The summed E-state index contributed by atoms with van der Waals surface area (Å²) in [6, 6.07) is 5.31. The minimum absolute atomic E-state index is 0. The van der Waals surface area contributed by atoms with E-state index in [4.69, 9.17) is 53.8 Å². The lowest BCUT2D eigenvalue weighted by molar-refractivity contribution is -0.137. The molecule has 10 heteroatoms. The second-order valence-electron chi connectivity index (χ2n) is 8.72. The molecule has 0 unspecified atom stereocenters. The van der Waals surface area contributed by atoms with E-state index in [2.05, 4.69) is 0 Å². The second-order valence-corrected chi connectivity index (χ2v) is 10.1. The lowest BCUT2D eigenvalue weighted by Gasteiger charge is -2.18. The van der Waals surface area contributed by atoms with Crippen molar-refractivity contribution in [2.75, 3.05) is 19.8 Å². The molecule has 0 bridgehead atoms. The van der Waals surface area contributed by atoms with Crippen molar-refractivity contribution in [3.05, 3.63) is 56.5 Å². The van der Waals surface area contributed by atoms with Crippen molar-refractivity contribution in [2.45, 2.75) is 59.2 Å². The third-order valence-corrected chi connectivity index (χ3v) is 5.80. The number of halogens is 6. The van der Waals surface area contributed by atoms with Gasteiger partial charge in [-0.1, -0.05) is 42.2 Å². The van der Waals surface area contributed by atoms with Crippen LogP contribution in [0.3, 0.4) is 0 Å². The van der Waals surface area contributed by atoms with Crippen molar-refractivity contribution in [1.29, 1.82) is 0 Å². The van der Waals surface area contributed by atoms with Crippen LogP contribution in [-0.4, -0.2) is 25.4 Å². The highest BCUT2D eigenvalue weighted by atomic mass is 35.5. The summed E-state index contributed by atoms with van der Waals surface area (Å²) >= 11 is 18.3. The number of alkyl halides is 3. The fourth-order valence-electron chi connectivity index (χ4n) is 3.52. The van der Waals surface area contributed by atoms with Crippen LogP contribution < -0.4 is 18.9 Å². The average molecular weight is 570 g/mol. The Kier molecular flexibility index (Phi) is 10.5. The first kappa shape index (κ1) is 30.3. The molecule has 3 rings (SSSR count). The van der Waals surface area contributed by atoms with Gasteiger partial charge in [-0.2, -0.15) is 13.2 Å². The summed E-state index contributed by atoms with van der Waals surface area (Å²) in [4.78, 5) is 0. The van der Waals surface area contributed by atoms with Crippen LogP contribution in [0.25, 0.3) is 0 Å². The highest BCUT2D eigenvalue weighted by Gasteiger charge is 2.38. The predicted molar refractivity (Wildman–Crippen MR) is 138 cm³/mol. The number of benzene rings is 2. The maximum atomic E-state index is 13.3. The number of rotatable bonds is 10. The average Bonchev–Trinajstić information content (AvgIpc) is 3.05. The van der Waals surface area contributed by atoms with Gasteiger partial charge < -0.3 is 18.9 Å². The molecule has 0 aromatic heterocycles. The molecule has 4 nitrogen and oxygen atoms in total. The number of allylic oxidation sites excluding steroid dienone is 1. The summed E-state index contributed by atoms with van der Waals surface area (Å²) in [6.45, 7) is 6.17. The molecule has 0 spiro atoms. The van der Waals surface area contributed by atoms with Gasteiger partial charge in [-0.25, -0.2) is 0 Å². The first-order valence-corrected chi connectivity index (χ1v) is 12.1. The Morgan fingerprint density at radius 3 is 2.22 bits per heavy atom. The molecule has 0 fully saturated rings. The van der Waals surface area contributed by atoms with Gasteiger partial charge >= 0.3 is 6.18 Å². The van der Waals surface area contributed by atoms with Crippen LogP contribution in [-0.2, 0) is 12.6 Å². The van der Waals surface area contributed by atoms with Gasteiger partial charge in [-0.15, -0.1) is 0 Å². The molecule has 0 aliphatic carbocycles. The molecule has 0 amide bonds. The van der Waals surface area contributed by atoms with Crippen molar-refractivity contribution >= 4 is 34.8 Å². The smallest absolute Gasteiger partial charge is 0.416 e. The number of hydrogen-bond donors (Lipinski definition) is 0. The van der Waals surface area contributed by atoms with E-state index in [1.807, 2.05) is 13.8 Å². The van der Waals surface area contributed by atoms with Crippen LogP contribution in [0.4, 0.5) is 13.2 Å². The fraction of sp³-hybridized carbons (Fsp3) is 0.462. The van der Waals surface area contributed by atoms with Crippen LogP contribution in [0.5, 0.6) is 23.0 Å². The number of fused-ring (bicyclic) bond motifs is 1. The summed E-state index contributed by atoms with van der Waals surface area (Å²) in [5.74, 6) is 1.28. The molecular formula is C26H30Cl3F3O4. The molecule has 200 valence electrons. The summed E-state index contributed by atoms with van der Waals surface area (Å²) in [6.07, 6.45) is -1.28. The minimum Gasteiger partial charge on any atom is -0.490 e. The van der Waals surface area contributed by atoms with Crippen LogP contribution in [0, 0.1) is 0 Å². The first-order chi connectivity index (χ1) is 16.4. The van der Waals surface area contributed by atoms with E-state index in [0.29, 0.717) is 63.8 Å². The molecule has 0 saturated carbocycles. The molecule has 2 aromatic rings.